The second-order valence-electron chi connectivity index (χ2n) is 4.45. The van der Waals surface area contributed by atoms with Crippen LogP contribution in [0.25, 0.3) is 0 Å². The molecule has 76 valence electrons. The summed E-state index contributed by atoms with van der Waals surface area (Å²) < 4.78 is 5.12. The summed E-state index contributed by atoms with van der Waals surface area (Å²) in [7, 11) is 0. The predicted octanol–water partition coefficient (Wildman–Crippen LogP) is 0.965. The number of Topliss-reactive ketones (excluding diaryl/α,β-unsaturated/α-hetero) is 1. The van der Waals surface area contributed by atoms with Crippen molar-refractivity contribution < 1.29 is 9.53 Å². The lowest BCUT2D eigenvalue weighted by atomic mass is 9.88. The molecule has 0 bridgehead atoms. The van der Waals surface area contributed by atoms with Crippen LogP contribution in [0.4, 0.5) is 0 Å². The van der Waals surface area contributed by atoms with E-state index < -0.39 is 5.60 Å². The van der Waals surface area contributed by atoms with E-state index in [1.165, 1.54) is 0 Å². The molecule has 1 fully saturated rings. The molecule has 3 nitrogen and oxygen atoms in total. The molecule has 3 heteroatoms. The standard InChI is InChI=1S/C10H19NO2/c1-7(2)4-8(5-11)9(12)10(3)6-13-10/h7-8H,4-6,11H2,1-3H3/t8?,10-/m1/s1. The van der Waals surface area contributed by atoms with Crippen molar-refractivity contribution in [3.8, 4) is 0 Å². The highest BCUT2D eigenvalue weighted by molar-refractivity contribution is 5.91. The average Bonchev–Trinajstić information content (AvgIpc) is 2.79. The van der Waals surface area contributed by atoms with Crippen LogP contribution in [0.2, 0.25) is 0 Å². The van der Waals surface area contributed by atoms with Crippen molar-refractivity contribution in [3.63, 3.8) is 0 Å². The number of carbonyl (C=O) groups excluding carboxylic acids is 1. The topological polar surface area (TPSA) is 55.6 Å². The zero-order valence-electron chi connectivity index (χ0n) is 8.67. The highest BCUT2D eigenvalue weighted by atomic mass is 16.6. The quantitative estimate of drug-likeness (QED) is 0.649. The number of ketones is 1. The fourth-order valence-electron chi connectivity index (χ4n) is 1.56. The Morgan fingerprint density at radius 1 is 1.62 bits per heavy atom. The van der Waals surface area contributed by atoms with E-state index in [0.29, 0.717) is 19.1 Å². The van der Waals surface area contributed by atoms with Gasteiger partial charge in [-0.2, -0.15) is 0 Å². The molecule has 13 heavy (non-hydrogen) atoms. The first kappa shape index (κ1) is 10.7. The maximum atomic E-state index is 11.8. The van der Waals surface area contributed by atoms with Gasteiger partial charge >= 0.3 is 0 Å². The van der Waals surface area contributed by atoms with Crippen LogP contribution in [0, 0.1) is 11.8 Å². The normalized spacial score (nSPS) is 29.0. The Balaban J connectivity index is 2.51. The van der Waals surface area contributed by atoms with Gasteiger partial charge in [-0.1, -0.05) is 13.8 Å². The summed E-state index contributed by atoms with van der Waals surface area (Å²) in [5, 5.41) is 0. The summed E-state index contributed by atoms with van der Waals surface area (Å²) in [6.07, 6.45) is 0.869. The molecular formula is C10H19NO2. The molecule has 0 aromatic rings. The molecule has 0 spiro atoms. The highest BCUT2D eigenvalue weighted by Gasteiger charge is 2.49. The number of epoxide rings is 1. The van der Waals surface area contributed by atoms with E-state index in [9.17, 15) is 4.79 Å². The summed E-state index contributed by atoms with van der Waals surface area (Å²) in [4.78, 5) is 11.8. The maximum Gasteiger partial charge on any atom is 0.171 e. The fraction of sp³-hybridized carbons (Fsp3) is 0.900. The average molecular weight is 185 g/mol. The molecule has 1 saturated heterocycles. The minimum Gasteiger partial charge on any atom is -0.362 e. The van der Waals surface area contributed by atoms with Crippen LogP contribution < -0.4 is 5.73 Å². The van der Waals surface area contributed by atoms with Gasteiger partial charge in [-0.15, -0.1) is 0 Å². The van der Waals surface area contributed by atoms with Crippen LogP contribution in [0.5, 0.6) is 0 Å². The van der Waals surface area contributed by atoms with Crippen LogP contribution in [0.1, 0.15) is 27.2 Å². The lowest BCUT2D eigenvalue weighted by Crippen LogP contribution is -2.34. The molecule has 0 aliphatic carbocycles. The van der Waals surface area contributed by atoms with Crippen LogP contribution >= 0.6 is 0 Å². The minimum atomic E-state index is -0.501. The molecule has 2 atom stereocenters. The fourth-order valence-corrected chi connectivity index (χ4v) is 1.56. The molecule has 1 rings (SSSR count). The van der Waals surface area contributed by atoms with Crippen molar-refractivity contribution in [1.29, 1.82) is 0 Å². The van der Waals surface area contributed by atoms with Gasteiger partial charge in [-0.05, 0) is 19.3 Å². The summed E-state index contributed by atoms with van der Waals surface area (Å²) in [6.45, 7) is 7.06. The van der Waals surface area contributed by atoms with Crippen molar-refractivity contribution in [2.24, 2.45) is 17.6 Å². The van der Waals surface area contributed by atoms with Crippen molar-refractivity contribution in [3.05, 3.63) is 0 Å². The van der Waals surface area contributed by atoms with E-state index in [1.54, 1.807) is 0 Å². The summed E-state index contributed by atoms with van der Waals surface area (Å²) in [6, 6.07) is 0. The van der Waals surface area contributed by atoms with Crippen LogP contribution in [-0.2, 0) is 9.53 Å². The van der Waals surface area contributed by atoms with Gasteiger partial charge in [0.25, 0.3) is 0 Å². The van der Waals surface area contributed by atoms with Gasteiger partial charge in [0, 0.05) is 12.5 Å². The third-order valence-electron chi connectivity index (χ3n) is 2.51. The van der Waals surface area contributed by atoms with Gasteiger partial charge in [-0.25, -0.2) is 0 Å². The summed E-state index contributed by atoms with van der Waals surface area (Å²) >= 11 is 0. The molecule has 2 N–H and O–H groups in total. The molecule has 0 aromatic carbocycles. The molecule has 1 aliphatic rings. The van der Waals surface area contributed by atoms with E-state index in [0.717, 1.165) is 6.42 Å². The Kier molecular flexibility index (Phi) is 3.09. The first-order valence-electron chi connectivity index (χ1n) is 4.88. The highest BCUT2D eigenvalue weighted by Crippen LogP contribution is 2.31. The first-order chi connectivity index (χ1) is 5.99. The number of hydrogen-bond donors (Lipinski definition) is 1. The van der Waals surface area contributed by atoms with Crippen LogP contribution in [0.3, 0.4) is 0 Å². The smallest absolute Gasteiger partial charge is 0.171 e. The first-order valence-corrected chi connectivity index (χ1v) is 4.88. The largest absolute Gasteiger partial charge is 0.362 e. The number of hydrogen-bond acceptors (Lipinski definition) is 3. The zero-order chi connectivity index (χ0) is 10.1. The van der Waals surface area contributed by atoms with Gasteiger partial charge in [0.1, 0.15) is 5.60 Å². The predicted molar refractivity (Wildman–Crippen MR) is 51.4 cm³/mol. The van der Waals surface area contributed by atoms with Crippen LogP contribution in [-0.4, -0.2) is 24.5 Å². The number of carbonyl (C=O) groups is 1. The molecule has 1 unspecified atom stereocenters. The van der Waals surface area contributed by atoms with Crippen molar-refractivity contribution in [1.82, 2.24) is 0 Å². The van der Waals surface area contributed by atoms with E-state index in [2.05, 4.69) is 13.8 Å². The number of rotatable bonds is 5. The van der Waals surface area contributed by atoms with Gasteiger partial charge in [0.05, 0.1) is 6.61 Å². The Labute approximate surface area is 79.6 Å². The Bertz CT molecular complexity index is 197. The van der Waals surface area contributed by atoms with E-state index in [-0.39, 0.29) is 11.7 Å². The van der Waals surface area contributed by atoms with Gasteiger partial charge in [-0.3, -0.25) is 4.79 Å². The van der Waals surface area contributed by atoms with E-state index >= 15 is 0 Å². The second kappa shape index (κ2) is 3.76. The molecule has 0 amide bonds. The minimum absolute atomic E-state index is 0.0208. The molecule has 0 radical (unpaired) electrons. The third-order valence-corrected chi connectivity index (χ3v) is 2.51. The SMILES string of the molecule is CC(C)CC(CN)C(=O)[C@@]1(C)CO1. The van der Waals surface area contributed by atoms with Crippen molar-refractivity contribution in [2.75, 3.05) is 13.2 Å². The monoisotopic (exact) mass is 185 g/mol. The van der Waals surface area contributed by atoms with Crippen LogP contribution in [0.15, 0.2) is 0 Å². The Morgan fingerprint density at radius 2 is 2.15 bits per heavy atom. The molecule has 0 aromatic heterocycles. The summed E-state index contributed by atoms with van der Waals surface area (Å²) in [5.41, 5.74) is 5.07. The van der Waals surface area contributed by atoms with Gasteiger partial charge < -0.3 is 10.5 Å². The molecule has 0 saturated carbocycles. The van der Waals surface area contributed by atoms with Crippen molar-refractivity contribution in [2.45, 2.75) is 32.8 Å². The zero-order valence-corrected chi connectivity index (χ0v) is 8.67. The third kappa shape index (κ3) is 2.51. The van der Waals surface area contributed by atoms with Gasteiger partial charge in [0.2, 0.25) is 0 Å². The lowest BCUT2D eigenvalue weighted by Gasteiger charge is -2.17. The van der Waals surface area contributed by atoms with Gasteiger partial charge in [0.15, 0.2) is 5.78 Å². The second-order valence-corrected chi connectivity index (χ2v) is 4.45. The van der Waals surface area contributed by atoms with E-state index in [1.807, 2.05) is 6.92 Å². The molecule has 1 aliphatic heterocycles. The number of nitrogens with two attached hydrogens (primary N) is 1. The van der Waals surface area contributed by atoms with E-state index in [4.69, 9.17) is 10.5 Å². The maximum absolute atomic E-state index is 11.8. The molecule has 1 heterocycles. The lowest BCUT2D eigenvalue weighted by molar-refractivity contribution is -0.127. The summed E-state index contributed by atoms with van der Waals surface area (Å²) in [5.74, 6) is 0.677. The number of ether oxygens (including phenoxy) is 1. The van der Waals surface area contributed by atoms with Crippen molar-refractivity contribution >= 4 is 5.78 Å². The molecular weight excluding hydrogens is 166 g/mol. The Hall–Kier alpha value is -0.410. The Morgan fingerprint density at radius 3 is 2.46 bits per heavy atom.